The van der Waals surface area contributed by atoms with Crippen molar-refractivity contribution in [2.75, 3.05) is 19.8 Å². The van der Waals surface area contributed by atoms with Crippen molar-refractivity contribution in [3.05, 3.63) is 0 Å². The van der Waals surface area contributed by atoms with Crippen LogP contribution in [0.15, 0.2) is 0 Å². The summed E-state index contributed by atoms with van der Waals surface area (Å²) in [5, 5.41) is 0. The molecule has 74 valence electrons. The topological polar surface area (TPSA) is 71.1 Å². The third-order valence-corrected chi connectivity index (χ3v) is 1.30. The van der Waals surface area contributed by atoms with Gasteiger partial charge in [0.2, 0.25) is 0 Å². The van der Waals surface area contributed by atoms with Crippen molar-refractivity contribution in [1.29, 1.82) is 0 Å². The first-order chi connectivity index (χ1) is 6.22. The Morgan fingerprint density at radius 1 is 1.54 bits per heavy atom. The quantitative estimate of drug-likeness (QED) is 0.596. The molecular weight excluding hydrogens is 180 g/mol. The van der Waals surface area contributed by atoms with E-state index in [0.29, 0.717) is 0 Å². The molecule has 0 amide bonds. The SMILES string of the molecule is CCOC(=O)OC1COC(=O)OC1. The van der Waals surface area contributed by atoms with E-state index in [2.05, 4.69) is 14.2 Å². The van der Waals surface area contributed by atoms with Crippen LogP contribution in [-0.2, 0) is 18.9 Å². The molecule has 0 aromatic carbocycles. The lowest BCUT2D eigenvalue weighted by molar-refractivity contribution is -0.0729. The van der Waals surface area contributed by atoms with Crippen molar-refractivity contribution in [2.45, 2.75) is 13.0 Å². The van der Waals surface area contributed by atoms with Gasteiger partial charge in [-0.3, -0.25) is 0 Å². The van der Waals surface area contributed by atoms with Crippen LogP contribution in [0.2, 0.25) is 0 Å². The minimum Gasteiger partial charge on any atom is -0.435 e. The second kappa shape index (κ2) is 4.54. The van der Waals surface area contributed by atoms with Gasteiger partial charge in [0.15, 0.2) is 6.10 Å². The van der Waals surface area contributed by atoms with Crippen LogP contribution in [0.5, 0.6) is 0 Å². The van der Waals surface area contributed by atoms with Gasteiger partial charge in [0.25, 0.3) is 0 Å². The Morgan fingerprint density at radius 2 is 2.15 bits per heavy atom. The van der Waals surface area contributed by atoms with E-state index >= 15 is 0 Å². The van der Waals surface area contributed by atoms with E-state index in [1.165, 1.54) is 0 Å². The number of hydrogen-bond acceptors (Lipinski definition) is 6. The van der Waals surface area contributed by atoms with Crippen molar-refractivity contribution in [1.82, 2.24) is 0 Å². The second-order valence-electron chi connectivity index (χ2n) is 2.29. The average Bonchev–Trinajstić information content (AvgIpc) is 2.09. The molecule has 0 unspecified atom stereocenters. The maximum Gasteiger partial charge on any atom is 0.508 e. The maximum absolute atomic E-state index is 10.8. The van der Waals surface area contributed by atoms with Crippen LogP contribution in [0.25, 0.3) is 0 Å². The smallest absolute Gasteiger partial charge is 0.435 e. The summed E-state index contributed by atoms with van der Waals surface area (Å²) >= 11 is 0. The monoisotopic (exact) mass is 190 g/mol. The fraction of sp³-hybridized carbons (Fsp3) is 0.714. The lowest BCUT2D eigenvalue weighted by Gasteiger charge is -2.21. The highest BCUT2D eigenvalue weighted by molar-refractivity contribution is 5.62. The van der Waals surface area contributed by atoms with Crippen LogP contribution in [0.4, 0.5) is 9.59 Å². The van der Waals surface area contributed by atoms with E-state index in [1.54, 1.807) is 6.92 Å². The van der Waals surface area contributed by atoms with Crippen LogP contribution in [0.3, 0.4) is 0 Å². The molecule has 1 rings (SSSR count). The van der Waals surface area contributed by atoms with E-state index in [4.69, 9.17) is 4.74 Å². The molecule has 0 aliphatic carbocycles. The minimum absolute atomic E-state index is 0.0116. The summed E-state index contributed by atoms with van der Waals surface area (Å²) in [5.74, 6) is 0. The molecule has 0 atom stereocenters. The molecular formula is C7H10O6. The van der Waals surface area contributed by atoms with Gasteiger partial charge in [-0.25, -0.2) is 9.59 Å². The first-order valence-electron chi connectivity index (χ1n) is 3.85. The van der Waals surface area contributed by atoms with Crippen LogP contribution in [-0.4, -0.2) is 38.2 Å². The number of rotatable bonds is 2. The van der Waals surface area contributed by atoms with E-state index < -0.39 is 18.4 Å². The molecule has 1 heterocycles. The molecule has 0 radical (unpaired) electrons. The van der Waals surface area contributed by atoms with E-state index in [9.17, 15) is 9.59 Å². The third kappa shape index (κ3) is 3.18. The van der Waals surface area contributed by atoms with Crippen LogP contribution in [0.1, 0.15) is 6.92 Å². The van der Waals surface area contributed by atoms with Gasteiger partial charge in [0.05, 0.1) is 6.61 Å². The first-order valence-corrected chi connectivity index (χ1v) is 3.85. The fourth-order valence-corrected chi connectivity index (χ4v) is 0.768. The maximum atomic E-state index is 10.8. The molecule has 1 aliphatic heterocycles. The van der Waals surface area contributed by atoms with E-state index in [1.807, 2.05) is 0 Å². The Kier molecular flexibility index (Phi) is 3.36. The molecule has 6 nitrogen and oxygen atoms in total. The summed E-state index contributed by atoms with van der Waals surface area (Å²) in [4.78, 5) is 21.2. The summed E-state index contributed by atoms with van der Waals surface area (Å²) in [6, 6.07) is 0. The highest BCUT2D eigenvalue weighted by atomic mass is 16.8. The fourth-order valence-electron chi connectivity index (χ4n) is 0.768. The predicted octanol–water partition coefficient (Wildman–Crippen LogP) is 0.695. The second-order valence-corrected chi connectivity index (χ2v) is 2.29. The van der Waals surface area contributed by atoms with Gasteiger partial charge in [0, 0.05) is 0 Å². The Balaban J connectivity index is 2.22. The normalized spacial score (nSPS) is 17.2. The third-order valence-electron chi connectivity index (χ3n) is 1.30. The number of cyclic esters (lactones) is 2. The summed E-state index contributed by atoms with van der Waals surface area (Å²) < 4.78 is 18.2. The van der Waals surface area contributed by atoms with Crippen LogP contribution in [0, 0.1) is 0 Å². The zero-order valence-corrected chi connectivity index (χ0v) is 7.15. The van der Waals surface area contributed by atoms with Crippen LogP contribution < -0.4 is 0 Å². The molecule has 0 bridgehead atoms. The van der Waals surface area contributed by atoms with Crippen molar-refractivity contribution in [3.8, 4) is 0 Å². The Morgan fingerprint density at radius 3 is 2.69 bits per heavy atom. The Labute approximate surface area is 74.7 Å². The molecule has 1 fully saturated rings. The molecule has 0 spiro atoms. The molecule has 13 heavy (non-hydrogen) atoms. The van der Waals surface area contributed by atoms with Gasteiger partial charge in [-0.1, -0.05) is 0 Å². The predicted molar refractivity (Wildman–Crippen MR) is 39.2 cm³/mol. The van der Waals surface area contributed by atoms with Gasteiger partial charge >= 0.3 is 12.3 Å². The van der Waals surface area contributed by atoms with Gasteiger partial charge < -0.3 is 18.9 Å². The minimum atomic E-state index is -0.783. The van der Waals surface area contributed by atoms with Crippen molar-refractivity contribution in [3.63, 3.8) is 0 Å². The molecule has 0 aromatic heterocycles. The number of ether oxygens (including phenoxy) is 4. The van der Waals surface area contributed by atoms with Crippen molar-refractivity contribution >= 4 is 12.3 Å². The zero-order valence-electron chi connectivity index (χ0n) is 7.15. The molecule has 1 aliphatic rings. The summed E-state index contributed by atoms with van der Waals surface area (Å²) in [5.41, 5.74) is 0. The average molecular weight is 190 g/mol. The number of carbonyl (C=O) groups excluding carboxylic acids is 2. The molecule has 6 heteroatoms. The van der Waals surface area contributed by atoms with Crippen molar-refractivity contribution in [2.24, 2.45) is 0 Å². The van der Waals surface area contributed by atoms with Gasteiger partial charge in [0.1, 0.15) is 13.2 Å². The number of hydrogen-bond donors (Lipinski definition) is 0. The van der Waals surface area contributed by atoms with Crippen molar-refractivity contribution < 1.29 is 28.5 Å². The van der Waals surface area contributed by atoms with Crippen LogP contribution >= 0.6 is 0 Å². The lowest BCUT2D eigenvalue weighted by Crippen LogP contribution is -2.35. The standard InChI is InChI=1S/C7H10O6/c1-2-10-7(9)13-5-3-11-6(8)12-4-5/h5H,2-4H2,1H3. The highest BCUT2D eigenvalue weighted by Crippen LogP contribution is 2.04. The first kappa shape index (κ1) is 9.63. The Bertz CT molecular complexity index is 191. The molecule has 0 N–H and O–H groups in total. The summed E-state index contributed by atoms with van der Waals surface area (Å²) in [6.45, 7) is 1.93. The highest BCUT2D eigenvalue weighted by Gasteiger charge is 2.24. The molecule has 0 aromatic rings. The lowest BCUT2D eigenvalue weighted by atomic mass is 10.4. The summed E-state index contributed by atoms with van der Waals surface area (Å²) in [7, 11) is 0. The zero-order chi connectivity index (χ0) is 9.68. The molecule has 1 saturated heterocycles. The van der Waals surface area contributed by atoms with E-state index in [-0.39, 0.29) is 19.8 Å². The summed E-state index contributed by atoms with van der Waals surface area (Å²) in [6.07, 6.45) is -2.10. The van der Waals surface area contributed by atoms with E-state index in [0.717, 1.165) is 0 Å². The largest absolute Gasteiger partial charge is 0.508 e. The number of carbonyl (C=O) groups is 2. The Hall–Kier alpha value is -1.46. The van der Waals surface area contributed by atoms with Gasteiger partial charge in [-0.05, 0) is 6.92 Å². The van der Waals surface area contributed by atoms with Gasteiger partial charge in [-0.2, -0.15) is 0 Å². The van der Waals surface area contributed by atoms with Gasteiger partial charge in [-0.15, -0.1) is 0 Å². The molecule has 0 saturated carbocycles.